The van der Waals surface area contributed by atoms with E-state index in [9.17, 15) is 9.59 Å². The SMILES string of the molecule is CC(C)(C)CC(C)(C)NC(=O)C(c1ccccc1)N1C(=O)C(Cc2ccccc2)=C2CC3C=CC21C=C3. The molecule has 192 valence electrons. The van der Waals surface area contributed by atoms with E-state index in [1.54, 1.807) is 0 Å². The molecule has 1 spiro atoms. The first-order valence-electron chi connectivity index (χ1n) is 13.3. The van der Waals surface area contributed by atoms with E-state index in [2.05, 4.69) is 76.4 Å². The molecule has 1 N–H and O–H groups in total. The van der Waals surface area contributed by atoms with Gasteiger partial charge < -0.3 is 10.2 Å². The van der Waals surface area contributed by atoms with Crippen molar-refractivity contribution in [2.75, 3.05) is 0 Å². The summed E-state index contributed by atoms with van der Waals surface area (Å²) in [6.45, 7) is 10.7. The molecule has 0 radical (unpaired) electrons. The third-order valence-electron chi connectivity index (χ3n) is 7.64. The lowest BCUT2D eigenvalue weighted by Crippen LogP contribution is -2.56. The summed E-state index contributed by atoms with van der Waals surface area (Å²) in [5, 5.41) is 3.32. The van der Waals surface area contributed by atoms with Gasteiger partial charge in [-0.2, -0.15) is 0 Å². The Morgan fingerprint density at radius 2 is 1.57 bits per heavy atom. The van der Waals surface area contributed by atoms with Gasteiger partial charge in [0.2, 0.25) is 5.91 Å². The van der Waals surface area contributed by atoms with Crippen molar-refractivity contribution in [2.45, 2.75) is 71.0 Å². The van der Waals surface area contributed by atoms with Crippen molar-refractivity contribution < 1.29 is 9.59 Å². The Morgan fingerprint density at radius 3 is 2.16 bits per heavy atom. The van der Waals surface area contributed by atoms with Gasteiger partial charge in [0, 0.05) is 17.5 Å². The zero-order chi connectivity index (χ0) is 26.4. The van der Waals surface area contributed by atoms with Crippen LogP contribution in [0.3, 0.4) is 0 Å². The fourth-order valence-corrected chi connectivity index (χ4v) is 6.65. The molecule has 4 aliphatic rings. The van der Waals surface area contributed by atoms with E-state index in [0.717, 1.165) is 35.1 Å². The number of allylic oxidation sites excluding steroid dienone is 2. The Bertz CT molecular complexity index is 1260. The van der Waals surface area contributed by atoms with Crippen LogP contribution in [0.1, 0.15) is 64.6 Å². The topological polar surface area (TPSA) is 49.4 Å². The number of nitrogens with one attached hydrogen (secondary N) is 1. The molecule has 2 aromatic rings. The molecule has 1 atom stereocenters. The quantitative estimate of drug-likeness (QED) is 0.458. The summed E-state index contributed by atoms with van der Waals surface area (Å²) >= 11 is 0. The highest BCUT2D eigenvalue weighted by molar-refractivity contribution is 6.03. The standard InChI is InChI=1S/C33H38N2O2/c1-31(2,3)22-32(4,5)34-29(36)28(25-14-10-7-11-15-25)35-30(37)26(20-23-12-8-6-9-13-23)27-21-24-16-18-33(27,35)19-17-24/h6-19,24,28H,20-22H2,1-5H3,(H,34,36). The van der Waals surface area contributed by atoms with E-state index in [0.29, 0.717) is 12.3 Å². The van der Waals surface area contributed by atoms with Gasteiger partial charge in [-0.15, -0.1) is 0 Å². The van der Waals surface area contributed by atoms with Crippen LogP contribution in [0.5, 0.6) is 0 Å². The molecule has 4 heteroatoms. The van der Waals surface area contributed by atoms with Crippen molar-refractivity contribution in [1.82, 2.24) is 10.2 Å². The lowest BCUT2D eigenvalue weighted by Gasteiger charge is -2.46. The van der Waals surface area contributed by atoms with Crippen LogP contribution in [0.15, 0.2) is 96.1 Å². The molecule has 1 heterocycles. The Labute approximate surface area is 221 Å². The third-order valence-corrected chi connectivity index (χ3v) is 7.64. The van der Waals surface area contributed by atoms with Crippen LogP contribution in [0, 0.1) is 11.3 Å². The molecule has 2 bridgehead atoms. The van der Waals surface area contributed by atoms with Gasteiger partial charge in [-0.3, -0.25) is 9.59 Å². The molecular weight excluding hydrogens is 456 g/mol. The van der Waals surface area contributed by atoms with Crippen LogP contribution in [-0.4, -0.2) is 27.8 Å². The Kier molecular flexibility index (Phi) is 6.26. The molecule has 0 fully saturated rings. The molecule has 3 aliphatic carbocycles. The van der Waals surface area contributed by atoms with Gasteiger partial charge in [-0.25, -0.2) is 0 Å². The van der Waals surface area contributed by atoms with Gasteiger partial charge in [0.25, 0.3) is 5.91 Å². The van der Waals surface area contributed by atoms with Crippen molar-refractivity contribution in [2.24, 2.45) is 11.3 Å². The first-order valence-corrected chi connectivity index (χ1v) is 13.3. The number of carbonyl (C=O) groups is 2. The zero-order valence-corrected chi connectivity index (χ0v) is 22.6. The lowest BCUT2D eigenvalue weighted by atomic mass is 9.71. The van der Waals surface area contributed by atoms with Crippen LogP contribution in [0.2, 0.25) is 0 Å². The Morgan fingerprint density at radius 1 is 0.973 bits per heavy atom. The van der Waals surface area contributed by atoms with E-state index in [1.165, 1.54) is 0 Å². The highest BCUT2D eigenvalue weighted by Gasteiger charge is 2.55. The molecule has 2 amide bonds. The minimum absolute atomic E-state index is 0.0476. The second-order valence-corrected chi connectivity index (χ2v) is 12.6. The summed E-state index contributed by atoms with van der Waals surface area (Å²) < 4.78 is 0. The molecule has 1 unspecified atom stereocenters. The molecular formula is C33H38N2O2. The van der Waals surface area contributed by atoms with Crippen LogP contribution in [0.4, 0.5) is 0 Å². The summed E-state index contributed by atoms with van der Waals surface area (Å²) in [5.74, 6) is 0.108. The highest BCUT2D eigenvalue weighted by atomic mass is 16.2. The molecule has 1 aliphatic heterocycles. The first kappa shape index (κ1) is 25.3. The molecule has 2 aromatic carbocycles. The number of carbonyl (C=O) groups excluding carboxylic acids is 2. The summed E-state index contributed by atoms with van der Waals surface area (Å²) in [6, 6.07) is 19.2. The predicted molar refractivity (Wildman–Crippen MR) is 149 cm³/mol. The molecule has 0 saturated carbocycles. The van der Waals surface area contributed by atoms with Gasteiger partial charge in [-0.1, -0.05) is 106 Å². The summed E-state index contributed by atoms with van der Waals surface area (Å²) in [4.78, 5) is 30.5. The number of hydrogen-bond acceptors (Lipinski definition) is 2. The van der Waals surface area contributed by atoms with Gasteiger partial charge in [-0.05, 0) is 54.7 Å². The molecule has 4 nitrogen and oxygen atoms in total. The number of rotatable bonds is 7. The van der Waals surface area contributed by atoms with Crippen LogP contribution >= 0.6 is 0 Å². The minimum atomic E-state index is -0.750. The Hall–Kier alpha value is -3.40. The predicted octanol–water partition coefficient (Wildman–Crippen LogP) is 6.32. The van der Waals surface area contributed by atoms with E-state index < -0.39 is 17.1 Å². The zero-order valence-electron chi connectivity index (χ0n) is 22.6. The Balaban J connectivity index is 1.58. The first-order chi connectivity index (χ1) is 17.5. The fraction of sp³-hybridized carbons (Fsp3) is 0.394. The molecule has 37 heavy (non-hydrogen) atoms. The van der Waals surface area contributed by atoms with Gasteiger partial charge in [0.05, 0.1) is 0 Å². The van der Waals surface area contributed by atoms with E-state index in [-0.39, 0.29) is 17.2 Å². The highest BCUT2D eigenvalue weighted by Crippen LogP contribution is 2.52. The lowest BCUT2D eigenvalue weighted by molar-refractivity contribution is -0.140. The second kappa shape index (κ2) is 9.16. The summed E-state index contributed by atoms with van der Waals surface area (Å²) in [6.07, 6.45) is 10.9. The average Bonchev–Trinajstić information content (AvgIpc) is 3.07. The van der Waals surface area contributed by atoms with E-state index >= 15 is 0 Å². The maximum atomic E-state index is 14.4. The van der Waals surface area contributed by atoms with Gasteiger partial charge >= 0.3 is 0 Å². The summed E-state index contributed by atoms with van der Waals surface area (Å²) in [7, 11) is 0. The number of nitrogens with zero attached hydrogens (tertiary/aromatic N) is 1. The van der Waals surface area contributed by atoms with E-state index in [4.69, 9.17) is 0 Å². The van der Waals surface area contributed by atoms with Crippen LogP contribution < -0.4 is 5.32 Å². The number of benzene rings is 2. The maximum absolute atomic E-state index is 14.4. The van der Waals surface area contributed by atoms with Crippen LogP contribution in [0.25, 0.3) is 0 Å². The molecule has 0 aromatic heterocycles. The fourth-order valence-electron chi connectivity index (χ4n) is 6.65. The molecule has 0 saturated heterocycles. The van der Waals surface area contributed by atoms with Gasteiger partial charge in [0.15, 0.2) is 0 Å². The monoisotopic (exact) mass is 494 g/mol. The molecule has 6 rings (SSSR count). The average molecular weight is 495 g/mol. The largest absolute Gasteiger partial charge is 0.349 e. The van der Waals surface area contributed by atoms with Crippen molar-refractivity contribution >= 4 is 11.8 Å². The minimum Gasteiger partial charge on any atom is -0.349 e. The van der Waals surface area contributed by atoms with Crippen molar-refractivity contribution in [3.05, 3.63) is 107 Å². The normalized spacial score (nSPS) is 23.4. The smallest absolute Gasteiger partial charge is 0.252 e. The number of amides is 2. The van der Waals surface area contributed by atoms with Crippen LogP contribution in [-0.2, 0) is 16.0 Å². The maximum Gasteiger partial charge on any atom is 0.252 e. The van der Waals surface area contributed by atoms with Crippen molar-refractivity contribution in [3.8, 4) is 0 Å². The van der Waals surface area contributed by atoms with Crippen molar-refractivity contribution in [3.63, 3.8) is 0 Å². The third kappa shape index (κ3) is 4.82. The van der Waals surface area contributed by atoms with E-state index in [1.807, 2.05) is 53.4 Å². The summed E-state index contributed by atoms with van der Waals surface area (Å²) in [5.41, 5.74) is 2.81. The number of hydrogen-bond donors (Lipinski definition) is 1. The van der Waals surface area contributed by atoms with Gasteiger partial charge in [0.1, 0.15) is 11.6 Å². The second-order valence-electron chi connectivity index (χ2n) is 12.6. The van der Waals surface area contributed by atoms with Crippen molar-refractivity contribution in [1.29, 1.82) is 0 Å².